The molecule has 0 saturated heterocycles. The molecular formula is C24H26N4O5. The first-order valence-corrected chi connectivity index (χ1v) is 10.5. The molecular weight excluding hydrogens is 424 g/mol. The first kappa shape index (κ1) is 22.2. The van der Waals surface area contributed by atoms with Crippen LogP contribution in [0.25, 0.3) is 0 Å². The number of ether oxygens (including phenoxy) is 3. The van der Waals surface area contributed by atoms with Gasteiger partial charge in [0.05, 0.1) is 38.9 Å². The maximum absolute atomic E-state index is 13.5. The van der Waals surface area contributed by atoms with Gasteiger partial charge in [-0.3, -0.25) is 0 Å². The Balaban J connectivity index is 1.71. The van der Waals surface area contributed by atoms with Gasteiger partial charge in [-0.25, -0.2) is 14.6 Å². The standard InChI is InChI=1S/C24H26N4O5/c1-14-5-6-15(23(29)33-4)11-20(14)27-24(30)28-8-7-19-21(26-13-25-19)22(28)16-9-17(31-2)12-18(10-16)32-3/h5-6,9-13,22H,7-8H2,1-4H3,(H,25,26)(H,27,30)/t22-/m1/s1. The van der Waals surface area contributed by atoms with Gasteiger partial charge >= 0.3 is 12.0 Å². The number of urea groups is 1. The van der Waals surface area contributed by atoms with E-state index >= 15 is 0 Å². The van der Waals surface area contributed by atoms with Gasteiger partial charge in [-0.15, -0.1) is 0 Å². The molecule has 2 heterocycles. The average molecular weight is 450 g/mol. The number of aromatic nitrogens is 2. The zero-order chi connectivity index (χ0) is 23.5. The predicted octanol–water partition coefficient (Wildman–Crippen LogP) is 3.70. The second kappa shape index (κ2) is 9.23. The number of hydrogen-bond donors (Lipinski definition) is 2. The Kier molecular flexibility index (Phi) is 6.21. The van der Waals surface area contributed by atoms with Crippen LogP contribution in [0.3, 0.4) is 0 Å². The van der Waals surface area contributed by atoms with E-state index < -0.39 is 12.0 Å². The third-order valence-corrected chi connectivity index (χ3v) is 5.78. The molecule has 1 aromatic heterocycles. The highest BCUT2D eigenvalue weighted by Crippen LogP contribution is 2.37. The van der Waals surface area contributed by atoms with E-state index in [9.17, 15) is 9.59 Å². The Bertz CT molecular complexity index is 1170. The van der Waals surface area contributed by atoms with Crippen LogP contribution in [0, 0.1) is 6.92 Å². The molecule has 2 N–H and O–H groups in total. The molecule has 0 bridgehead atoms. The Morgan fingerprint density at radius 3 is 2.48 bits per heavy atom. The number of carbonyl (C=O) groups is 2. The van der Waals surface area contributed by atoms with E-state index in [0.29, 0.717) is 35.7 Å². The van der Waals surface area contributed by atoms with Crippen LogP contribution in [-0.4, -0.2) is 54.7 Å². The van der Waals surface area contributed by atoms with Gasteiger partial charge in [-0.2, -0.15) is 0 Å². The zero-order valence-electron chi connectivity index (χ0n) is 19.0. The van der Waals surface area contributed by atoms with Gasteiger partial charge < -0.3 is 29.4 Å². The summed E-state index contributed by atoms with van der Waals surface area (Å²) in [5, 5.41) is 2.96. The van der Waals surface area contributed by atoms with E-state index in [1.165, 1.54) is 7.11 Å². The highest BCUT2D eigenvalue weighted by molar-refractivity contribution is 5.95. The van der Waals surface area contributed by atoms with Crippen molar-refractivity contribution < 1.29 is 23.8 Å². The second-order valence-corrected chi connectivity index (χ2v) is 7.71. The number of H-pyrrole nitrogens is 1. The van der Waals surface area contributed by atoms with Crippen molar-refractivity contribution in [2.24, 2.45) is 0 Å². The van der Waals surface area contributed by atoms with Crippen molar-refractivity contribution in [2.45, 2.75) is 19.4 Å². The fourth-order valence-electron chi connectivity index (χ4n) is 4.01. The van der Waals surface area contributed by atoms with Gasteiger partial charge in [0, 0.05) is 30.4 Å². The van der Waals surface area contributed by atoms with Gasteiger partial charge in [0.1, 0.15) is 17.5 Å². The third kappa shape index (κ3) is 4.34. The van der Waals surface area contributed by atoms with Crippen LogP contribution in [0.1, 0.15) is 38.9 Å². The molecule has 0 aliphatic carbocycles. The molecule has 2 amide bonds. The fraction of sp³-hybridized carbons (Fsp3) is 0.292. The van der Waals surface area contributed by atoms with Gasteiger partial charge in [-0.05, 0) is 42.3 Å². The largest absolute Gasteiger partial charge is 0.497 e. The summed E-state index contributed by atoms with van der Waals surface area (Å²) in [7, 11) is 4.49. The van der Waals surface area contributed by atoms with Crippen molar-refractivity contribution >= 4 is 17.7 Å². The number of nitrogens with one attached hydrogen (secondary N) is 2. The number of aryl methyl sites for hydroxylation is 1. The van der Waals surface area contributed by atoms with Gasteiger partial charge in [0.15, 0.2) is 0 Å². The van der Waals surface area contributed by atoms with Crippen LogP contribution in [0.4, 0.5) is 10.5 Å². The minimum atomic E-state index is -0.467. The second-order valence-electron chi connectivity index (χ2n) is 7.71. The summed E-state index contributed by atoms with van der Waals surface area (Å²) < 4.78 is 15.7. The molecule has 172 valence electrons. The SMILES string of the molecule is COC(=O)c1ccc(C)c(NC(=O)N2CCc3[nH]cnc3[C@H]2c2cc(OC)cc(OC)c2)c1. The number of aromatic amines is 1. The number of imidazole rings is 1. The number of anilines is 1. The lowest BCUT2D eigenvalue weighted by molar-refractivity contribution is 0.0600. The van der Waals surface area contributed by atoms with Gasteiger partial charge in [-0.1, -0.05) is 6.07 Å². The molecule has 3 aromatic rings. The Labute approximate surface area is 191 Å². The van der Waals surface area contributed by atoms with E-state index in [-0.39, 0.29) is 6.03 Å². The molecule has 0 saturated carbocycles. The van der Waals surface area contributed by atoms with Crippen molar-refractivity contribution in [2.75, 3.05) is 33.2 Å². The molecule has 0 spiro atoms. The lowest BCUT2D eigenvalue weighted by atomic mass is 9.95. The lowest BCUT2D eigenvalue weighted by Crippen LogP contribution is -2.43. The number of benzene rings is 2. The van der Waals surface area contributed by atoms with Gasteiger partial charge in [0.25, 0.3) is 0 Å². The van der Waals surface area contributed by atoms with Crippen molar-refractivity contribution in [1.29, 1.82) is 0 Å². The summed E-state index contributed by atoms with van der Waals surface area (Å²) in [5.41, 5.74) is 4.29. The molecule has 4 rings (SSSR count). The number of fused-ring (bicyclic) bond motifs is 1. The molecule has 9 heteroatoms. The van der Waals surface area contributed by atoms with Crippen molar-refractivity contribution in [1.82, 2.24) is 14.9 Å². The topological polar surface area (TPSA) is 106 Å². The zero-order valence-corrected chi connectivity index (χ0v) is 19.0. The van der Waals surface area contributed by atoms with Crippen molar-refractivity contribution in [3.05, 3.63) is 70.8 Å². The minimum Gasteiger partial charge on any atom is -0.497 e. The molecule has 1 aliphatic rings. The number of rotatable bonds is 5. The number of hydrogen-bond acceptors (Lipinski definition) is 6. The normalized spacial score (nSPS) is 14.9. The smallest absolute Gasteiger partial charge is 0.337 e. The highest BCUT2D eigenvalue weighted by atomic mass is 16.5. The minimum absolute atomic E-state index is 0.305. The highest BCUT2D eigenvalue weighted by Gasteiger charge is 2.35. The number of carbonyl (C=O) groups excluding carboxylic acids is 2. The number of methoxy groups -OCH3 is 3. The quantitative estimate of drug-likeness (QED) is 0.574. The van der Waals surface area contributed by atoms with E-state index in [1.54, 1.807) is 49.7 Å². The average Bonchev–Trinajstić information content (AvgIpc) is 3.32. The molecule has 33 heavy (non-hydrogen) atoms. The van der Waals surface area contributed by atoms with Gasteiger partial charge in [0.2, 0.25) is 0 Å². The molecule has 9 nitrogen and oxygen atoms in total. The Morgan fingerprint density at radius 1 is 1.09 bits per heavy atom. The molecule has 1 aliphatic heterocycles. The fourth-order valence-corrected chi connectivity index (χ4v) is 4.01. The van der Waals surface area contributed by atoms with Crippen LogP contribution < -0.4 is 14.8 Å². The predicted molar refractivity (Wildman–Crippen MR) is 122 cm³/mol. The summed E-state index contributed by atoms with van der Waals surface area (Å²) in [6, 6.07) is 9.83. The Morgan fingerprint density at radius 2 is 1.82 bits per heavy atom. The molecule has 2 aromatic carbocycles. The summed E-state index contributed by atoms with van der Waals surface area (Å²) in [6.45, 7) is 2.34. The monoisotopic (exact) mass is 450 g/mol. The van der Waals surface area contributed by atoms with E-state index in [4.69, 9.17) is 14.2 Å². The van der Waals surface area contributed by atoms with Crippen LogP contribution in [0.5, 0.6) is 11.5 Å². The van der Waals surface area contributed by atoms with Crippen molar-refractivity contribution in [3.63, 3.8) is 0 Å². The van der Waals surface area contributed by atoms with Crippen LogP contribution in [0.15, 0.2) is 42.7 Å². The summed E-state index contributed by atoms with van der Waals surface area (Å²) in [4.78, 5) is 34.9. The summed E-state index contributed by atoms with van der Waals surface area (Å²) in [5.74, 6) is 0.772. The molecule has 0 unspecified atom stereocenters. The van der Waals surface area contributed by atoms with Crippen molar-refractivity contribution in [3.8, 4) is 11.5 Å². The van der Waals surface area contributed by atoms with Crippen LogP contribution in [-0.2, 0) is 11.2 Å². The maximum atomic E-state index is 13.5. The number of amides is 2. The number of nitrogens with zero attached hydrogens (tertiary/aromatic N) is 2. The van der Waals surface area contributed by atoms with E-state index in [0.717, 1.165) is 22.5 Å². The summed E-state index contributed by atoms with van der Waals surface area (Å²) in [6.07, 6.45) is 2.28. The van der Waals surface area contributed by atoms with Crippen LogP contribution >= 0.6 is 0 Å². The first-order chi connectivity index (χ1) is 15.9. The Hall–Kier alpha value is -4.01. The third-order valence-electron chi connectivity index (χ3n) is 5.78. The lowest BCUT2D eigenvalue weighted by Gasteiger charge is -2.35. The van der Waals surface area contributed by atoms with E-state index in [1.807, 2.05) is 19.1 Å². The summed E-state index contributed by atoms with van der Waals surface area (Å²) >= 11 is 0. The molecule has 0 radical (unpaired) electrons. The maximum Gasteiger partial charge on any atom is 0.337 e. The molecule has 0 fully saturated rings. The van der Waals surface area contributed by atoms with E-state index in [2.05, 4.69) is 15.3 Å². The first-order valence-electron chi connectivity index (χ1n) is 10.5. The molecule has 1 atom stereocenters. The van der Waals surface area contributed by atoms with Crippen LogP contribution in [0.2, 0.25) is 0 Å². The number of esters is 1.